The number of hydrogen-bond acceptors (Lipinski definition) is 3. The number of aromatic nitrogens is 1. The lowest BCUT2D eigenvalue weighted by Gasteiger charge is -2.49. The topological polar surface area (TPSA) is 45.2 Å². The highest BCUT2D eigenvalue weighted by atomic mass is 35.5. The van der Waals surface area contributed by atoms with Crippen LogP contribution in [0.25, 0.3) is 0 Å². The van der Waals surface area contributed by atoms with Gasteiger partial charge in [-0.2, -0.15) is 0 Å². The van der Waals surface area contributed by atoms with Gasteiger partial charge in [-0.25, -0.2) is 4.39 Å². The van der Waals surface area contributed by atoms with E-state index in [0.29, 0.717) is 28.6 Å². The maximum absolute atomic E-state index is 13.6. The van der Waals surface area contributed by atoms with Crippen molar-refractivity contribution in [1.82, 2.24) is 15.2 Å². The molecule has 2 aliphatic heterocycles. The number of carbonyl (C=O) groups excluding carboxylic acids is 1. The first-order valence-electron chi connectivity index (χ1n) is 11.5. The Morgan fingerprint density at radius 2 is 1.56 bits per heavy atom. The van der Waals surface area contributed by atoms with Gasteiger partial charge in [0.25, 0.3) is 0 Å². The molecule has 4 nitrogen and oxygen atoms in total. The molecule has 0 spiro atoms. The molecule has 2 aliphatic rings. The Bertz CT molecular complexity index is 1140. The number of fused-ring (bicyclic) bond motifs is 2. The molecule has 0 radical (unpaired) electrons. The summed E-state index contributed by atoms with van der Waals surface area (Å²) in [5.41, 5.74) is 2.09. The van der Waals surface area contributed by atoms with E-state index in [-0.39, 0.29) is 29.8 Å². The van der Waals surface area contributed by atoms with Gasteiger partial charge >= 0.3 is 0 Å². The fourth-order valence-electron chi connectivity index (χ4n) is 5.96. The number of hydrogen-bond donors (Lipinski definition) is 1. The molecule has 2 aromatic carbocycles. The molecule has 2 fully saturated rings. The van der Waals surface area contributed by atoms with Crippen LogP contribution in [-0.2, 0) is 10.3 Å². The molecule has 34 heavy (non-hydrogen) atoms. The third kappa shape index (κ3) is 4.21. The highest BCUT2D eigenvalue weighted by Crippen LogP contribution is 2.51. The van der Waals surface area contributed by atoms with Crippen LogP contribution in [0.5, 0.6) is 0 Å². The van der Waals surface area contributed by atoms with Gasteiger partial charge in [-0.05, 0) is 61.1 Å². The summed E-state index contributed by atoms with van der Waals surface area (Å²) < 4.78 is 13.6. The summed E-state index contributed by atoms with van der Waals surface area (Å²) in [6, 6.07) is 19.1. The van der Waals surface area contributed by atoms with Crippen molar-refractivity contribution in [1.29, 1.82) is 0 Å². The van der Waals surface area contributed by atoms with Crippen molar-refractivity contribution in [2.45, 2.75) is 56.3 Å². The van der Waals surface area contributed by atoms with Gasteiger partial charge in [0.1, 0.15) is 5.82 Å². The standard InChI is InChI=1S/C27H26Cl2FN3O/c1-17(34)32-27(25-13-10-18(30)16-31-25)14-19-11-12-20(15-27)33(19)26(21-6-2-4-8-23(21)28)22-7-3-5-9-24(22)29/h2-10,13,16,19-20,26H,11-12,14-15H2,1H3,(H,32,34)/t19-,20+,27?. The monoisotopic (exact) mass is 497 g/mol. The number of nitrogens with zero attached hydrogens (tertiary/aromatic N) is 2. The van der Waals surface area contributed by atoms with Crippen LogP contribution >= 0.6 is 23.2 Å². The summed E-state index contributed by atoms with van der Waals surface area (Å²) in [7, 11) is 0. The molecule has 0 aliphatic carbocycles. The maximum Gasteiger partial charge on any atom is 0.217 e. The van der Waals surface area contributed by atoms with Gasteiger partial charge < -0.3 is 5.32 Å². The number of rotatable bonds is 5. The Labute approximate surface area is 209 Å². The maximum atomic E-state index is 13.6. The molecule has 2 saturated heterocycles. The molecule has 2 bridgehead atoms. The van der Waals surface area contributed by atoms with Crippen molar-refractivity contribution in [3.05, 3.63) is 99.5 Å². The number of amides is 1. The molecule has 1 unspecified atom stereocenters. The van der Waals surface area contributed by atoms with E-state index in [0.717, 1.165) is 24.0 Å². The fraction of sp³-hybridized carbons (Fsp3) is 0.333. The highest BCUT2D eigenvalue weighted by Gasteiger charge is 2.52. The zero-order valence-corrected chi connectivity index (χ0v) is 20.4. The predicted molar refractivity (Wildman–Crippen MR) is 132 cm³/mol. The minimum Gasteiger partial charge on any atom is -0.345 e. The summed E-state index contributed by atoms with van der Waals surface area (Å²) in [5, 5.41) is 4.59. The van der Waals surface area contributed by atoms with Crippen LogP contribution in [0.4, 0.5) is 4.39 Å². The number of piperidine rings is 1. The Balaban J connectivity index is 1.58. The number of benzene rings is 2. The summed E-state index contributed by atoms with van der Waals surface area (Å²) in [6.07, 6.45) is 4.54. The van der Waals surface area contributed by atoms with Crippen molar-refractivity contribution < 1.29 is 9.18 Å². The lowest BCUT2D eigenvalue weighted by atomic mass is 9.78. The molecule has 5 rings (SSSR count). The minimum absolute atomic E-state index is 0.114. The number of carbonyl (C=O) groups is 1. The average molecular weight is 498 g/mol. The third-order valence-electron chi connectivity index (χ3n) is 7.18. The molecular weight excluding hydrogens is 472 g/mol. The predicted octanol–water partition coefficient (Wildman–Crippen LogP) is 6.28. The number of halogens is 3. The zero-order valence-electron chi connectivity index (χ0n) is 18.8. The van der Waals surface area contributed by atoms with Crippen molar-refractivity contribution in [3.8, 4) is 0 Å². The van der Waals surface area contributed by atoms with Gasteiger partial charge in [-0.3, -0.25) is 14.7 Å². The second-order valence-corrected chi connectivity index (χ2v) is 10.1. The van der Waals surface area contributed by atoms with Crippen LogP contribution in [0.15, 0.2) is 66.9 Å². The second-order valence-electron chi connectivity index (χ2n) is 9.31. The average Bonchev–Trinajstić information content (AvgIpc) is 3.07. The Morgan fingerprint density at radius 1 is 1.00 bits per heavy atom. The lowest BCUT2D eigenvalue weighted by Crippen LogP contribution is -2.57. The van der Waals surface area contributed by atoms with Crippen LogP contribution in [0.2, 0.25) is 10.0 Å². The van der Waals surface area contributed by atoms with E-state index in [1.807, 2.05) is 36.4 Å². The molecule has 7 heteroatoms. The van der Waals surface area contributed by atoms with Gasteiger partial charge in [0.05, 0.1) is 23.5 Å². The van der Waals surface area contributed by atoms with Crippen LogP contribution in [0.1, 0.15) is 55.5 Å². The van der Waals surface area contributed by atoms with Gasteiger partial charge in [0.2, 0.25) is 5.91 Å². The van der Waals surface area contributed by atoms with E-state index in [1.54, 1.807) is 6.07 Å². The van der Waals surface area contributed by atoms with Gasteiger partial charge in [0.15, 0.2) is 0 Å². The van der Waals surface area contributed by atoms with Crippen LogP contribution in [0.3, 0.4) is 0 Å². The first-order chi connectivity index (χ1) is 16.4. The molecule has 3 aromatic rings. The number of nitrogens with one attached hydrogen (secondary N) is 1. The second kappa shape index (κ2) is 9.29. The summed E-state index contributed by atoms with van der Waals surface area (Å²) >= 11 is 13.4. The van der Waals surface area contributed by atoms with Crippen LogP contribution < -0.4 is 5.32 Å². The lowest BCUT2D eigenvalue weighted by molar-refractivity contribution is -0.122. The minimum atomic E-state index is -0.645. The quantitative estimate of drug-likeness (QED) is 0.451. The van der Waals surface area contributed by atoms with Gasteiger partial charge in [-0.1, -0.05) is 59.6 Å². The highest BCUT2D eigenvalue weighted by molar-refractivity contribution is 6.32. The normalized spacial score (nSPS) is 24.4. The Kier molecular flexibility index (Phi) is 6.36. The van der Waals surface area contributed by atoms with Crippen molar-refractivity contribution in [2.75, 3.05) is 0 Å². The van der Waals surface area contributed by atoms with Crippen molar-refractivity contribution in [2.24, 2.45) is 0 Å². The van der Waals surface area contributed by atoms with E-state index in [2.05, 4.69) is 27.3 Å². The molecule has 1 aromatic heterocycles. The molecular formula is C27H26Cl2FN3O. The molecule has 176 valence electrons. The Morgan fingerprint density at radius 3 is 2.03 bits per heavy atom. The van der Waals surface area contributed by atoms with E-state index in [4.69, 9.17) is 23.2 Å². The van der Waals surface area contributed by atoms with Crippen LogP contribution in [-0.4, -0.2) is 27.9 Å². The molecule has 3 heterocycles. The van der Waals surface area contributed by atoms with Gasteiger partial charge in [-0.15, -0.1) is 0 Å². The van der Waals surface area contributed by atoms with Crippen molar-refractivity contribution in [3.63, 3.8) is 0 Å². The van der Waals surface area contributed by atoms with Crippen molar-refractivity contribution >= 4 is 29.1 Å². The fourth-order valence-corrected chi connectivity index (χ4v) is 6.44. The molecule has 0 saturated carbocycles. The van der Waals surface area contributed by atoms with E-state index in [9.17, 15) is 9.18 Å². The summed E-state index contributed by atoms with van der Waals surface area (Å²) in [4.78, 5) is 19.2. The molecule has 1 N–H and O–H groups in total. The summed E-state index contributed by atoms with van der Waals surface area (Å²) in [6.45, 7) is 1.52. The first-order valence-corrected chi connectivity index (χ1v) is 12.3. The third-order valence-corrected chi connectivity index (χ3v) is 7.86. The summed E-state index contributed by atoms with van der Waals surface area (Å²) in [5.74, 6) is -0.507. The molecule has 3 atom stereocenters. The van der Waals surface area contributed by atoms with E-state index < -0.39 is 5.54 Å². The van der Waals surface area contributed by atoms with Gasteiger partial charge in [0, 0.05) is 29.1 Å². The Hall–Kier alpha value is -2.47. The number of pyridine rings is 1. The molecule has 1 amide bonds. The zero-order chi connectivity index (χ0) is 23.9. The van der Waals surface area contributed by atoms with E-state index in [1.165, 1.54) is 19.2 Å². The largest absolute Gasteiger partial charge is 0.345 e. The first kappa shape index (κ1) is 23.3. The SMILES string of the molecule is CC(=O)NC1(c2ccc(F)cn2)C[C@H]2CC[C@@H](C1)N2C(c1ccccc1Cl)c1ccccc1Cl. The van der Waals surface area contributed by atoms with E-state index >= 15 is 0 Å². The van der Waals surface area contributed by atoms with Crippen LogP contribution in [0, 0.1) is 5.82 Å². The smallest absolute Gasteiger partial charge is 0.217 e.